The molecule has 0 aliphatic carbocycles. The van der Waals surface area contributed by atoms with Gasteiger partial charge in [-0.2, -0.15) is 5.10 Å². The Hall–Kier alpha value is -0.940. The van der Waals surface area contributed by atoms with Crippen molar-refractivity contribution in [3.05, 3.63) is 12.2 Å². The van der Waals surface area contributed by atoms with Crippen LogP contribution in [0.5, 0.6) is 0 Å². The van der Waals surface area contributed by atoms with Gasteiger partial charge in [-0.15, -0.1) is 0 Å². The zero-order chi connectivity index (χ0) is 13.8. The van der Waals surface area contributed by atoms with Crippen LogP contribution in [0.1, 0.15) is 40.4 Å². The Balaban J connectivity index is 2.49. The summed E-state index contributed by atoms with van der Waals surface area (Å²) < 4.78 is 7.41. The van der Waals surface area contributed by atoms with Crippen LogP contribution in [0.15, 0.2) is 6.33 Å². The number of aliphatic hydroxyl groups is 1. The van der Waals surface area contributed by atoms with E-state index >= 15 is 0 Å². The molecule has 0 aliphatic rings. The van der Waals surface area contributed by atoms with Crippen molar-refractivity contribution in [3.63, 3.8) is 0 Å². The van der Waals surface area contributed by atoms with E-state index < -0.39 is 6.10 Å². The van der Waals surface area contributed by atoms with Crippen LogP contribution in [0.4, 0.5) is 0 Å². The van der Waals surface area contributed by atoms with Crippen LogP contribution in [-0.2, 0) is 17.7 Å². The highest BCUT2D eigenvalue weighted by Crippen LogP contribution is 2.09. The smallest absolute Gasteiger partial charge is 0.138 e. The SMILES string of the molecule is CC(C)Cn1ncnc1CC(O)COC(C)(C)C. The van der Waals surface area contributed by atoms with Crippen molar-refractivity contribution in [2.24, 2.45) is 5.92 Å². The minimum absolute atomic E-state index is 0.230. The average Bonchev–Trinajstić information content (AvgIpc) is 2.61. The lowest BCUT2D eigenvalue weighted by atomic mass is 10.2. The first-order chi connectivity index (χ1) is 8.28. The van der Waals surface area contributed by atoms with E-state index in [1.54, 1.807) is 0 Å². The summed E-state index contributed by atoms with van der Waals surface area (Å²) in [6.45, 7) is 11.3. The monoisotopic (exact) mass is 255 g/mol. The second-order valence-corrected chi connectivity index (χ2v) is 6.03. The Labute approximate surface area is 109 Å². The van der Waals surface area contributed by atoms with Crippen molar-refractivity contribution < 1.29 is 9.84 Å². The van der Waals surface area contributed by atoms with Gasteiger partial charge in [-0.05, 0) is 26.7 Å². The van der Waals surface area contributed by atoms with E-state index in [1.165, 1.54) is 6.33 Å². The lowest BCUT2D eigenvalue weighted by Crippen LogP contribution is -2.28. The first-order valence-corrected chi connectivity index (χ1v) is 6.46. The van der Waals surface area contributed by atoms with Crippen LogP contribution in [0, 0.1) is 5.92 Å². The second-order valence-electron chi connectivity index (χ2n) is 6.03. The number of rotatable bonds is 6. The molecule has 1 rings (SSSR count). The maximum atomic E-state index is 9.94. The van der Waals surface area contributed by atoms with E-state index in [0.717, 1.165) is 12.4 Å². The summed E-state index contributed by atoms with van der Waals surface area (Å²) in [5.74, 6) is 1.32. The summed E-state index contributed by atoms with van der Waals surface area (Å²) in [4.78, 5) is 4.19. The molecular formula is C13H25N3O2. The van der Waals surface area contributed by atoms with E-state index in [-0.39, 0.29) is 5.60 Å². The van der Waals surface area contributed by atoms with Crippen molar-refractivity contribution in [2.45, 2.75) is 59.3 Å². The molecule has 5 nitrogen and oxygen atoms in total. The van der Waals surface area contributed by atoms with E-state index in [1.807, 2.05) is 25.5 Å². The highest BCUT2D eigenvalue weighted by atomic mass is 16.5. The number of ether oxygens (including phenoxy) is 1. The predicted octanol–water partition coefficient (Wildman–Crippen LogP) is 1.65. The molecule has 1 heterocycles. The maximum Gasteiger partial charge on any atom is 0.138 e. The van der Waals surface area contributed by atoms with Gasteiger partial charge in [0.2, 0.25) is 0 Å². The molecule has 0 spiro atoms. The van der Waals surface area contributed by atoms with Gasteiger partial charge >= 0.3 is 0 Å². The van der Waals surface area contributed by atoms with Gasteiger partial charge in [-0.1, -0.05) is 13.8 Å². The minimum Gasteiger partial charge on any atom is -0.390 e. The van der Waals surface area contributed by atoms with E-state index in [9.17, 15) is 5.11 Å². The molecule has 18 heavy (non-hydrogen) atoms. The zero-order valence-corrected chi connectivity index (χ0v) is 12.1. The Morgan fingerprint density at radius 2 is 2.06 bits per heavy atom. The van der Waals surface area contributed by atoms with Crippen LogP contribution < -0.4 is 0 Å². The second kappa shape index (κ2) is 6.29. The fourth-order valence-electron chi connectivity index (χ4n) is 1.56. The molecule has 1 N–H and O–H groups in total. The molecule has 1 aromatic rings. The molecule has 0 radical (unpaired) electrons. The van der Waals surface area contributed by atoms with Crippen molar-refractivity contribution in [3.8, 4) is 0 Å². The number of aromatic nitrogens is 3. The van der Waals surface area contributed by atoms with Crippen LogP contribution >= 0.6 is 0 Å². The lowest BCUT2D eigenvalue weighted by molar-refractivity contribution is -0.0489. The lowest BCUT2D eigenvalue weighted by Gasteiger charge is -2.21. The summed E-state index contributed by atoms with van der Waals surface area (Å²) in [7, 11) is 0. The van der Waals surface area contributed by atoms with Crippen LogP contribution in [0.25, 0.3) is 0 Å². The molecule has 0 saturated carbocycles. The third kappa shape index (κ3) is 5.60. The molecule has 0 aliphatic heterocycles. The third-order valence-electron chi connectivity index (χ3n) is 2.36. The minimum atomic E-state index is -0.542. The fraction of sp³-hybridized carbons (Fsp3) is 0.846. The van der Waals surface area contributed by atoms with Crippen LogP contribution in [0.3, 0.4) is 0 Å². The summed E-state index contributed by atoms with van der Waals surface area (Å²) in [5, 5.41) is 14.1. The van der Waals surface area contributed by atoms with Crippen molar-refractivity contribution in [1.82, 2.24) is 14.8 Å². The standard InChI is InChI=1S/C13H25N3O2/c1-10(2)7-16-12(14-9-15-16)6-11(17)8-18-13(3,4)5/h9-11,17H,6-8H2,1-5H3. The topological polar surface area (TPSA) is 60.2 Å². The largest absolute Gasteiger partial charge is 0.390 e. The summed E-state index contributed by atoms with van der Waals surface area (Å²) in [5.41, 5.74) is -0.230. The van der Waals surface area contributed by atoms with Crippen molar-refractivity contribution >= 4 is 0 Å². The highest BCUT2D eigenvalue weighted by Gasteiger charge is 2.16. The number of aliphatic hydroxyl groups excluding tert-OH is 1. The molecular weight excluding hydrogens is 230 g/mol. The first kappa shape index (κ1) is 15.1. The van der Waals surface area contributed by atoms with Crippen molar-refractivity contribution in [1.29, 1.82) is 0 Å². The summed E-state index contributed by atoms with van der Waals surface area (Å²) in [6.07, 6.45) is 1.47. The van der Waals surface area contributed by atoms with Gasteiger partial charge in [0.25, 0.3) is 0 Å². The quantitative estimate of drug-likeness (QED) is 0.839. The molecule has 1 atom stereocenters. The van der Waals surface area contributed by atoms with Gasteiger partial charge in [0.1, 0.15) is 12.2 Å². The van der Waals surface area contributed by atoms with E-state index in [2.05, 4.69) is 23.9 Å². The Morgan fingerprint density at radius 3 is 2.61 bits per heavy atom. The molecule has 1 aromatic heterocycles. The zero-order valence-electron chi connectivity index (χ0n) is 12.1. The Kier molecular flexibility index (Phi) is 5.28. The molecule has 0 bridgehead atoms. The molecule has 0 aromatic carbocycles. The predicted molar refractivity (Wildman–Crippen MR) is 70.3 cm³/mol. The number of hydrogen-bond donors (Lipinski definition) is 1. The van der Waals surface area contributed by atoms with Gasteiger partial charge in [-0.3, -0.25) is 0 Å². The van der Waals surface area contributed by atoms with Gasteiger partial charge in [0.15, 0.2) is 0 Å². The van der Waals surface area contributed by atoms with Crippen molar-refractivity contribution in [2.75, 3.05) is 6.61 Å². The van der Waals surface area contributed by atoms with Crippen LogP contribution in [0.2, 0.25) is 0 Å². The maximum absolute atomic E-state index is 9.94. The molecule has 1 unspecified atom stereocenters. The Bertz CT molecular complexity index is 355. The van der Waals surface area contributed by atoms with Gasteiger partial charge < -0.3 is 9.84 Å². The normalized spacial score (nSPS) is 14.2. The highest BCUT2D eigenvalue weighted by molar-refractivity contribution is 4.88. The fourth-order valence-corrected chi connectivity index (χ4v) is 1.56. The summed E-state index contributed by atoms with van der Waals surface area (Å²) in [6, 6.07) is 0. The van der Waals surface area contributed by atoms with E-state index in [4.69, 9.17) is 4.74 Å². The average molecular weight is 255 g/mol. The van der Waals surface area contributed by atoms with Gasteiger partial charge in [0, 0.05) is 13.0 Å². The molecule has 0 saturated heterocycles. The molecule has 104 valence electrons. The Morgan fingerprint density at radius 1 is 1.39 bits per heavy atom. The number of hydrogen-bond acceptors (Lipinski definition) is 4. The van der Waals surface area contributed by atoms with E-state index in [0.29, 0.717) is 18.9 Å². The van der Waals surface area contributed by atoms with Crippen LogP contribution in [-0.4, -0.2) is 38.2 Å². The number of nitrogens with zero attached hydrogens (tertiary/aromatic N) is 3. The molecule has 0 amide bonds. The van der Waals surface area contributed by atoms with Gasteiger partial charge in [-0.25, -0.2) is 9.67 Å². The summed E-state index contributed by atoms with van der Waals surface area (Å²) >= 11 is 0. The first-order valence-electron chi connectivity index (χ1n) is 6.46. The molecule has 5 heteroatoms. The van der Waals surface area contributed by atoms with Gasteiger partial charge in [0.05, 0.1) is 18.3 Å². The third-order valence-corrected chi connectivity index (χ3v) is 2.36. The molecule has 0 fully saturated rings.